The molecule has 1 saturated heterocycles. The van der Waals surface area contributed by atoms with Crippen LogP contribution in [0.2, 0.25) is 0 Å². The van der Waals surface area contributed by atoms with Gasteiger partial charge in [0.2, 0.25) is 17.7 Å². The molecule has 3 aromatic rings. The fourth-order valence-electron chi connectivity index (χ4n) is 4.78. The highest BCUT2D eigenvalue weighted by atomic mass is 16.2. The van der Waals surface area contributed by atoms with Crippen molar-refractivity contribution in [2.24, 2.45) is 11.7 Å². The number of nitrogens with zero attached hydrogens (tertiary/aromatic N) is 3. The van der Waals surface area contributed by atoms with Crippen LogP contribution in [0, 0.1) is 5.92 Å². The van der Waals surface area contributed by atoms with E-state index in [1.165, 1.54) is 6.92 Å². The van der Waals surface area contributed by atoms with E-state index >= 15 is 0 Å². The molecule has 0 bridgehead atoms. The van der Waals surface area contributed by atoms with Crippen LogP contribution in [0.15, 0.2) is 48.9 Å². The van der Waals surface area contributed by atoms with Gasteiger partial charge in [-0.25, -0.2) is 0 Å². The van der Waals surface area contributed by atoms with Gasteiger partial charge in [0.25, 0.3) is 0 Å². The normalized spacial score (nSPS) is 18.9. The van der Waals surface area contributed by atoms with Crippen LogP contribution in [-0.4, -0.2) is 57.8 Å². The molecule has 1 aliphatic heterocycles. The Morgan fingerprint density at radius 1 is 1.19 bits per heavy atom. The van der Waals surface area contributed by atoms with Gasteiger partial charge in [-0.2, -0.15) is 0 Å². The third kappa shape index (κ3) is 4.83. The third-order valence-electron chi connectivity index (χ3n) is 6.78. The lowest BCUT2D eigenvalue weighted by Gasteiger charge is -2.32. The monoisotopic (exact) mass is 493 g/mol. The Morgan fingerprint density at radius 2 is 2.00 bits per heavy atom. The molecule has 3 amide bonds. The van der Waals surface area contributed by atoms with E-state index in [0.717, 1.165) is 35.0 Å². The molecule has 4 N–H and O–H groups in total. The molecule has 1 fully saturated rings. The molecule has 0 spiro atoms. The highest BCUT2D eigenvalue weighted by Gasteiger charge is 2.36. The molecule has 9 nitrogen and oxygen atoms in total. The Morgan fingerprint density at radius 3 is 2.72 bits per heavy atom. The number of likely N-dealkylation sites (tertiary alicyclic amines) is 1. The Hall–Kier alpha value is -3.72. The van der Waals surface area contributed by atoms with Crippen molar-refractivity contribution in [2.45, 2.75) is 51.7 Å². The minimum atomic E-state index is -2.47. The number of nitrogens with one attached hydrogen (secondary N) is 2. The predicted octanol–water partition coefficient (Wildman–Crippen LogP) is 2.54. The number of likely N-dealkylation sites (N-methyl/N-ethyl adjacent to an activating group) is 1. The predicted molar refractivity (Wildman–Crippen MR) is 139 cm³/mol. The first-order chi connectivity index (χ1) is 18.4. The Labute approximate surface area is 215 Å². The molecule has 4 rings (SSSR count). The Bertz CT molecular complexity index is 1390. The second kappa shape index (κ2) is 10.5. The Kier molecular flexibility index (Phi) is 6.28. The molecule has 3 atom stereocenters. The summed E-state index contributed by atoms with van der Waals surface area (Å²) in [6.45, 7) is 3.20. The smallest absolute Gasteiger partial charge is 0.249 e. The topological polar surface area (TPSA) is 122 Å². The largest absolute Gasteiger partial charge is 0.366 e. The number of fused-ring (bicyclic) bond motifs is 1. The van der Waals surface area contributed by atoms with Gasteiger partial charge in [0, 0.05) is 34.0 Å². The van der Waals surface area contributed by atoms with Crippen molar-refractivity contribution in [3.05, 3.63) is 60.0 Å². The molecule has 1 aromatic carbocycles. The lowest BCUT2D eigenvalue weighted by atomic mass is 10.00. The van der Waals surface area contributed by atoms with E-state index in [1.807, 2.05) is 42.8 Å². The lowest BCUT2D eigenvalue weighted by molar-refractivity contribution is -0.138. The van der Waals surface area contributed by atoms with Crippen LogP contribution >= 0.6 is 0 Å². The molecular weight excluding hydrogens is 456 g/mol. The van der Waals surface area contributed by atoms with Crippen LogP contribution in [0.3, 0.4) is 0 Å². The van der Waals surface area contributed by atoms with Crippen molar-refractivity contribution >= 4 is 28.6 Å². The third-order valence-corrected chi connectivity index (χ3v) is 6.78. The zero-order valence-electron chi connectivity index (χ0n) is 23.7. The fraction of sp³-hybridized carbons (Fsp3) is 0.407. The van der Waals surface area contributed by atoms with E-state index in [0.29, 0.717) is 12.1 Å². The van der Waals surface area contributed by atoms with Crippen LogP contribution in [0.25, 0.3) is 16.6 Å². The van der Waals surface area contributed by atoms with Crippen molar-refractivity contribution in [3.8, 4) is 5.69 Å². The number of amides is 3. The second-order valence-corrected chi connectivity index (χ2v) is 9.55. The first-order valence-electron chi connectivity index (χ1n) is 13.6. The van der Waals surface area contributed by atoms with Crippen molar-refractivity contribution in [2.75, 3.05) is 13.5 Å². The summed E-state index contributed by atoms with van der Waals surface area (Å²) < 4.78 is 24.0. The maximum atomic E-state index is 13.7. The molecule has 3 heterocycles. The summed E-state index contributed by atoms with van der Waals surface area (Å²) in [5.41, 5.74) is 8.43. The van der Waals surface area contributed by atoms with Crippen LogP contribution in [-0.2, 0) is 9.59 Å². The molecule has 2 aromatic heterocycles. The van der Waals surface area contributed by atoms with Crippen LogP contribution < -0.4 is 16.4 Å². The minimum absolute atomic E-state index is 0.210. The quantitative estimate of drug-likeness (QED) is 0.445. The van der Waals surface area contributed by atoms with Crippen molar-refractivity contribution < 1.29 is 18.5 Å². The van der Waals surface area contributed by atoms with E-state index in [1.54, 1.807) is 29.4 Å². The van der Waals surface area contributed by atoms with Crippen molar-refractivity contribution in [1.29, 1.82) is 0 Å². The van der Waals surface area contributed by atoms with Crippen LogP contribution in [0.4, 0.5) is 0 Å². The summed E-state index contributed by atoms with van der Waals surface area (Å²) in [6.07, 6.45) is 6.85. The van der Waals surface area contributed by atoms with Crippen molar-refractivity contribution in [3.63, 3.8) is 0 Å². The van der Waals surface area contributed by atoms with Crippen LogP contribution in [0.1, 0.15) is 59.7 Å². The van der Waals surface area contributed by atoms with Gasteiger partial charge in [0.15, 0.2) is 0 Å². The van der Waals surface area contributed by atoms with E-state index in [-0.39, 0.29) is 17.9 Å². The Balaban J connectivity index is 1.58. The van der Waals surface area contributed by atoms with E-state index in [2.05, 4.69) is 15.6 Å². The molecule has 0 aliphatic carbocycles. The number of hydrogen-bond acceptors (Lipinski definition) is 5. The SMILES string of the molecule is [2H]C([2H])([2H])N[C@@H](C)C(=O)N[C@H](C(=O)N1CCC[C@H]1c1cncc(-n2ccc3c(C(N)=O)cccc32)c1)C(C)C. The fourth-order valence-corrected chi connectivity index (χ4v) is 4.78. The zero-order valence-corrected chi connectivity index (χ0v) is 20.7. The number of carbonyl (C=O) groups is 3. The van der Waals surface area contributed by atoms with Gasteiger partial charge in [-0.05, 0) is 62.5 Å². The summed E-state index contributed by atoms with van der Waals surface area (Å²) in [5.74, 6) is -1.48. The molecule has 0 radical (unpaired) electrons. The van der Waals surface area contributed by atoms with Gasteiger partial charge in [0.1, 0.15) is 6.04 Å². The molecule has 190 valence electrons. The summed E-state index contributed by atoms with van der Waals surface area (Å²) in [7, 11) is 0. The number of rotatable bonds is 8. The van der Waals surface area contributed by atoms with Gasteiger partial charge in [-0.3, -0.25) is 19.4 Å². The van der Waals surface area contributed by atoms with Gasteiger partial charge in [-0.1, -0.05) is 19.9 Å². The highest BCUT2D eigenvalue weighted by molar-refractivity contribution is 6.06. The highest BCUT2D eigenvalue weighted by Crippen LogP contribution is 2.34. The van der Waals surface area contributed by atoms with Crippen LogP contribution in [0.5, 0.6) is 0 Å². The summed E-state index contributed by atoms with van der Waals surface area (Å²) in [6, 6.07) is 7.15. The van der Waals surface area contributed by atoms with Gasteiger partial charge < -0.3 is 25.8 Å². The van der Waals surface area contributed by atoms with E-state index in [9.17, 15) is 14.4 Å². The first-order valence-corrected chi connectivity index (χ1v) is 12.1. The van der Waals surface area contributed by atoms with Crippen molar-refractivity contribution in [1.82, 2.24) is 25.1 Å². The molecule has 0 saturated carbocycles. The van der Waals surface area contributed by atoms with Gasteiger partial charge in [-0.15, -0.1) is 0 Å². The molecule has 1 aliphatic rings. The zero-order chi connectivity index (χ0) is 28.5. The van der Waals surface area contributed by atoms with E-state index in [4.69, 9.17) is 9.85 Å². The number of carbonyl (C=O) groups excluding carboxylic acids is 3. The summed E-state index contributed by atoms with van der Waals surface area (Å²) in [4.78, 5) is 44.5. The number of hydrogen-bond donors (Lipinski definition) is 3. The number of benzene rings is 1. The van der Waals surface area contributed by atoms with Gasteiger partial charge >= 0.3 is 0 Å². The average molecular weight is 494 g/mol. The minimum Gasteiger partial charge on any atom is -0.366 e. The number of primary amides is 1. The maximum absolute atomic E-state index is 13.7. The molecule has 0 unspecified atom stereocenters. The molecule has 9 heteroatoms. The second-order valence-electron chi connectivity index (χ2n) is 9.55. The first kappa shape index (κ1) is 21.6. The molecular formula is C27H34N6O3. The van der Waals surface area contributed by atoms with Gasteiger partial charge in [0.05, 0.1) is 29.5 Å². The summed E-state index contributed by atoms with van der Waals surface area (Å²) in [5, 5.41) is 5.77. The van der Waals surface area contributed by atoms with E-state index < -0.39 is 30.9 Å². The number of nitrogens with two attached hydrogens (primary N) is 1. The standard InChI is InChI=1S/C27H34N6O3/c1-16(2)24(31-26(35)17(3)29-4)27(36)33-11-6-9-22(33)18-13-19(15-30-14-18)32-12-10-20-21(25(28)34)7-5-8-23(20)32/h5,7-8,10,12-17,22,24,29H,6,9,11H2,1-4H3,(H2,28,34)(H,31,35)/t17-,22-,24-/m0/s1/i4D3. The lowest BCUT2D eigenvalue weighted by Crippen LogP contribution is -2.54. The summed E-state index contributed by atoms with van der Waals surface area (Å²) >= 11 is 0. The number of pyridine rings is 1. The average Bonchev–Trinajstić information content (AvgIpc) is 3.53. The molecule has 36 heavy (non-hydrogen) atoms. The number of aromatic nitrogens is 2. The maximum Gasteiger partial charge on any atom is 0.249 e.